The molecule has 0 unspecified atom stereocenters. The second-order valence-electron chi connectivity index (χ2n) is 7.89. The van der Waals surface area contributed by atoms with Gasteiger partial charge in [0.15, 0.2) is 5.15 Å². The maximum absolute atomic E-state index is 11.6. The number of unbranched alkanes of at least 4 members (excludes halogenated alkanes) is 1. The summed E-state index contributed by atoms with van der Waals surface area (Å²) in [4.78, 5) is 16.1. The predicted octanol–water partition coefficient (Wildman–Crippen LogP) is 4.21. The van der Waals surface area contributed by atoms with E-state index in [-0.39, 0.29) is 6.61 Å². The number of benzene rings is 2. The van der Waals surface area contributed by atoms with Crippen LogP contribution in [0.3, 0.4) is 0 Å². The molecule has 32 heavy (non-hydrogen) atoms. The summed E-state index contributed by atoms with van der Waals surface area (Å²) in [6.45, 7) is 3.01. The van der Waals surface area contributed by atoms with Gasteiger partial charge in [-0.15, -0.1) is 0 Å². The zero-order chi connectivity index (χ0) is 22.9. The Balaban J connectivity index is 1.64. The number of carboxylic acid groups (broad SMARTS) is 1. The average Bonchev–Trinajstić information content (AvgIpc) is 3.10. The molecule has 3 aromatic rings. The standard InChI is InChI=1S/C25H30ClN3O3/c1-2-3-9-23-28-24(26)22(17-30)29(23)16-20-12-10-19(11-13-20)15-27-21(25(31)32)14-18-7-5-4-6-8-18/h4-8,10-13,21,27,30H,2-3,9,14-17H2,1H3,(H,31,32)/t21-/m1/s1. The molecular weight excluding hydrogens is 426 g/mol. The highest BCUT2D eigenvalue weighted by molar-refractivity contribution is 6.30. The first-order valence-corrected chi connectivity index (χ1v) is 11.3. The maximum atomic E-state index is 11.6. The van der Waals surface area contributed by atoms with Gasteiger partial charge in [-0.3, -0.25) is 4.79 Å². The zero-order valence-corrected chi connectivity index (χ0v) is 19.1. The summed E-state index contributed by atoms with van der Waals surface area (Å²) in [5, 5.41) is 22.8. The number of nitrogens with zero attached hydrogens (tertiary/aromatic N) is 2. The number of aliphatic hydroxyl groups is 1. The number of aromatic nitrogens is 2. The van der Waals surface area contributed by atoms with E-state index in [1.54, 1.807) is 0 Å². The van der Waals surface area contributed by atoms with Gasteiger partial charge in [0, 0.05) is 19.5 Å². The number of carboxylic acids is 1. The number of aliphatic hydroxyl groups excluding tert-OH is 1. The molecule has 3 N–H and O–H groups in total. The van der Waals surface area contributed by atoms with Crippen LogP contribution in [0.25, 0.3) is 0 Å². The van der Waals surface area contributed by atoms with Crippen LogP contribution >= 0.6 is 11.6 Å². The minimum atomic E-state index is -0.862. The Bertz CT molecular complexity index is 1000. The van der Waals surface area contributed by atoms with Crippen molar-refractivity contribution >= 4 is 17.6 Å². The van der Waals surface area contributed by atoms with E-state index < -0.39 is 12.0 Å². The molecule has 170 valence electrons. The van der Waals surface area contributed by atoms with E-state index in [1.807, 2.05) is 59.2 Å². The molecule has 0 bridgehead atoms. The van der Waals surface area contributed by atoms with Crippen molar-refractivity contribution in [2.45, 2.75) is 58.3 Å². The topological polar surface area (TPSA) is 87.4 Å². The number of rotatable bonds is 12. The minimum absolute atomic E-state index is 0.155. The highest BCUT2D eigenvalue weighted by atomic mass is 35.5. The van der Waals surface area contributed by atoms with E-state index in [0.717, 1.165) is 41.8 Å². The Labute approximate surface area is 193 Å². The summed E-state index contributed by atoms with van der Waals surface area (Å²) in [6.07, 6.45) is 3.31. The third-order valence-corrected chi connectivity index (χ3v) is 5.81. The number of imidazole rings is 1. The molecule has 0 saturated carbocycles. The molecule has 1 atom stereocenters. The average molecular weight is 456 g/mol. The number of aliphatic carboxylic acids is 1. The fraction of sp³-hybridized carbons (Fsp3) is 0.360. The molecule has 0 spiro atoms. The van der Waals surface area contributed by atoms with Crippen LogP contribution in [-0.4, -0.2) is 31.8 Å². The molecule has 0 aliphatic rings. The van der Waals surface area contributed by atoms with Gasteiger partial charge >= 0.3 is 5.97 Å². The predicted molar refractivity (Wildman–Crippen MR) is 126 cm³/mol. The minimum Gasteiger partial charge on any atom is -0.480 e. The smallest absolute Gasteiger partial charge is 0.321 e. The first kappa shape index (κ1) is 24.0. The third kappa shape index (κ3) is 6.42. The van der Waals surface area contributed by atoms with Crippen molar-refractivity contribution in [3.8, 4) is 0 Å². The van der Waals surface area contributed by atoms with E-state index in [0.29, 0.717) is 30.4 Å². The molecule has 3 rings (SSSR count). The number of halogens is 1. The lowest BCUT2D eigenvalue weighted by atomic mass is 10.1. The summed E-state index contributed by atoms with van der Waals surface area (Å²) in [7, 11) is 0. The normalized spacial score (nSPS) is 12.1. The van der Waals surface area contributed by atoms with E-state index in [2.05, 4.69) is 17.2 Å². The van der Waals surface area contributed by atoms with Crippen molar-refractivity contribution in [1.82, 2.24) is 14.9 Å². The largest absolute Gasteiger partial charge is 0.480 e. The first-order valence-electron chi connectivity index (χ1n) is 10.9. The molecule has 0 aliphatic carbocycles. The molecule has 2 aromatic carbocycles. The van der Waals surface area contributed by atoms with Gasteiger partial charge in [-0.05, 0) is 29.5 Å². The Morgan fingerprint density at radius 1 is 1.09 bits per heavy atom. The lowest BCUT2D eigenvalue weighted by Crippen LogP contribution is -2.38. The Morgan fingerprint density at radius 3 is 2.41 bits per heavy atom. The molecule has 0 radical (unpaired) electrons. The second kappa shape index (κ2) is 11.8. The monoisotopic (exact) mass is 455 g/mol. The van der Waals surface area contributed by atoms with Gasteiger partial charge in [-0.25, -0.2) is 4.98 Å². The van der Waals surface area contributed by atoms with Gasteiger partial charge in [0.25, 0.3) is 0 Å². The number of hydrogen-bond donors (Lipinski definition) is 3. The lowest BCUT2D eigenvalue weighted by Gasteiger charge is -2.15. The fourth-order valence-electron chi connectivity index (χ4n) is 3.65. The first-order chi connectivity index (χ1) is 15.5. The van der Waals surface area contributed by atoms with Crippen LogP contribution in [0.15, 0.2) is 54.6 Å². The van der Waals surface area contributed by atoms with Gasteiger partial charge in [0.1, 0.15) is 11.9 Å². The van der Waals surface area contributed by atoms with Gasteiger partial charge in [-0.1, -0.05) is 79.5 Å². The molecule has 1 heterocycles. The highest BCUT2D eigenvalue weighted by Crippen LogP contribution is 2.21. The second-order valence-corrected chi connectivity index (χ2v) is 8.25. The fourth-order valence-corrected chi connectivity index (χ4v) is 3.91. The Hall–Kier alpha value is -2.67. The molecule has 7 heteroatoms. The van der Waals surface area contributed by atoms with Crippen molar-refractivity contribution in [3.05, 3.63) is 88.0 Å². The van der Waals surface area contributed by atoms with Gasteiger partial charge in [0.05, 0.1) is 12.3 Å². The van der Waals surface area contributed by atoms with Crippen LogP contribution < -0.4 is 5.32 Å². The molecule has 0 amide bonds. The van der Waals surface area contributed by atoms with Crippen LogP contribution in [0.4, 0.5) is 0 Å². The summed E-state index contributed by atoms with van der Waals surface area (Å²) >= 11 is 6.23. The van der Waals surface area contributed by atoms with Crippen LogP contribution in [0, 0.1) is 0 Å². The lowest BCUT2D eigenvalue weighted by molar-refractivity contribution is -0.139. The summed E-state index contributed by atoms with van der Waals surface area (Å²) < 4.78 is 1.99. The number of nitrogens with one attached hydrogen (secondary N) is 1. The van der Waals surface area contributed by atoms with Crippen LogP contribution in [0.1, 0.15) is 48.0 Å². The van der Waals surface area contributed by atoms with Gasteiger partial charge in [0.2, 0.25) is 0 Å². The van der Waals surface area contributed by atoms with E-state index in [4.69, 9.17) is 11.6 Å². The molecule has 0 aliphatic heterocycles. The molecular formula is C25H30ClN3O3. The summed E-state index contributed by atoms with van der Waals surface area (Å²) in [6, 6.07) is 17.0. The molecule has 0 fully saturated rings. The van der Waals surface area contributed by atoms with E-state index in [9.17, 15) is 15.0 Å². The van der Waals surface area contributed by atoms with Crippen molar-refractivity contribution in [3.63, 3.8) is 0 Å². The molecule has 0 saturated heterocycles. The zero-order valence-electron chi connectivity index (χ0n) is 18.3. The number of hydrogen-bond acceptors (Lipinski definition) is 4. The van der Waals surface area contributed by atoms with Crippen molar-refractivity contribution in [2.75, 3.05) is 0 Å². The third-order valence-electron chi connectivity index (χ3n) is 5.50. The highest BCUT2D eigenvalue weighted by Gasteiger charge is 2.18. The quantitative estimate of drug-likeness (QED) is 0.381. The van der Waals surface area contributed by atoms with E-state index >= 15 is 0 Å². The van der Waals surface area contributed by atoms with Crippen LogP contribution in [0.5, 0.6) is 0 Å². The number of carbonyl (C=O) groups is 1. The Kier molecular flexibility index (Phi) is 8.85. The summed E-state index contributed by atoms with van der Waals surface area (Å²) in [5.74, 6) is 0.0236. The van der Waals surface area contributed by atoms with Gasteiger partial charge in [-0.2, -0.15) is 0 Å². The summed E-state index contributed by atoms with van der Waals surface area (Å²) in [5.41, 5.74) is 3.69. The van der Waals surface area contributed by atoms with Crippen molar-refractivity contribution < 1.29 is 15.0 Å². The maximum Gasteiger partial charge on any atom is 0.321 e. The number of aryl methyl sites for hydroxylation is 1. The van der Waals surface area contributed by atoms with Crippen molar-refractivity contribution in [1.29, 1.82) is 0 Å². The van der Waals surface area contributed by atoms with E-state index in [1.165, 1.54) is 0 Å². The molecule has 1 aromatic heterocycles. The van der Waals surface area contributed by atoms with Crippen LogP contribution in [-0.2, 0) is 37.3 Å². The van der Waals surface area contributed by atoms with Crippen LogP contribution in [0.2, 0.25) is 5.15 Å². The molecule has 6 nitrogen and oxygen atoms in total. The van der Waals surface area contributed by atoms with Gasteiger partial charge < -0.3 is 20.1 Å². The van der Waals surface area contributed by atoms with Crippen molar-refractivity contribution in [2.24, 2.45) is 0 Å². The Morgan fingerprint density at radius 2 is 1.78 bits per heavy atom. The SMILES string of the molecule is CCCCc1nc(Cl)c(CO)n1Cc1ccc(CN[C@H](Cc2ccccc2)C(=O)O)cc1.